The number of allylic oxidation sites excluding steroid dienone is 1. The maximum absolute atomic E-state index is 6.68. The Labute approximate surface area is 209 Å². The maximum atomic E-state index is 6.68. The molecule has 0 unspecified atom stereocenters. The lowest BCUT2D eigenvalue weighted by Crippen LogP contribution is -2.62. The van der Waals surface area contributed by atoms with Gasteiger partial charge >= 0.3 is 0 Å². The lowest BCUT2D eigenvalue weighted by molar-refractivity contribution is -0.196. The van der Waals surface area contributed by atoms with Crippen LogP contribution in [0.3, 0.4) is 0 Å². The quantitative estimate of drug-likeness (QED) is 0.372. The zero-order valence-electron chi connectivity index (χ0n) is 20.2. The van der Waals surface area contributed by atoms with Gasteiger partial charge in [-0.15, -0.1) is 0 Å². The number of rotatable bonds is 9. The molecule has 0 aromatic heterocycles. The molecule has 5 rings (SSSR count). The summed E-state index contributed by atoms with van der Waals surface area (Å²) in [5.74, 6) is 0. The Morgan fingerprint density at radius 2 is 1.14 bits per heavy atom. The fraction of sp³-hybridized carbons (Fsp3) is 0.355. The van der Waals surface area contributed by atoms with Gasteiger partial charge in [0.2, 0.25) is 0 Å². The van der Waals surface area contributed by atoms with Gasteiger partial charge < -0.3 is 14.2 Å². The van der Waals surface area contributed by atoms with Crippen molar-refractivity contribution in [2.75, 3.05) is 13.1 Å². The molecule has 2 aliphatic rings. The van der Waals surface area contributed by atoms with Crippen LogP contribution in [0.2, 0.25) is 0 Å². The minimum atomic E-state index is -0.174. The van der Waals surface area contributed by atoms with Crippen LogP contribution in [0.1, 0.15) is 29.5 Å². The highest BCUT2D eigenvalue weighted by atomic mass is 16.6. The van der Waals surface area contributed by atoms with E-state index >= 15 is 0 Å². The number of hydrogen-bond donors (Lipinski definition) is 0. The first kappa shape index (κ1) is 24.0. The van der Waals surface area contributed by atoms with E-state index in [0.29, 0.717) is 19.8 Å². The van der Waals surface area contributed by atoms with Crippen LogP contribution in [0.25, 0.3) is 0 Å². The number of benzene rings is 3. The van der Waals surface area contributed by atoms with Crippen molar-refractivity contribution in [2.45, 2.75) is 57.0 Å². The van der Waals surface area contributed by atoms with Crippen molar-refractivity contribution in [1.29, 1.82) is 0 Å². The molecular weight excluding hydrogens is 434 g/mol. The number of ether oxygens (including phenoxy) is 3. The Balaban J connectivity index is 1.39. The minimum absolute atomic E-state index is 0.0811. The summed E-state index contributed by atoms with van der Waals surface area (Å²) < 4.78 is 19.9. The first-order valence-electron chi connectivity index (χ1n) is 12.7. The van der Waals surface area contributed by atoms with E-state index in [-0.39, 0.29) is 24.4 Å². The van der Waals surface area contributed by atoms with E-state index in [2.05, 4.69) is 89.8 Å². The van der Waals surface area contributed by atoms with E-state index in [1.807, 2.05) is 18.2 Å². The van der Waals surface area contributed by atoms with Crippen LogP contribution >= 0.6 is 0 Å². The molecule has 4 nitrogen and oxygen atoms in total. The van der Waals surface area contributed by atoms with Crippen molar-refractivity contribution in [2.24, 2.45) is 0 Å². The fourth-order valence-electron chi connectivity index (χ4n) is 5.04. The highest BCUT2D eigenvalue weighted by Crippen LogP contribution is 2.30. The van der Waals surface area contributed by atoms with Gasteiger partial charge in [-0.2, -0.15) is 0 Å². The average molecular weight is 470 g/mol. The minimum Gasteiger partial charge on any atom is -0.369 e. The van der Waals surface area contributed by atoms with Gasteiger partial charge in [-0.1, -0.05) is 103 Å². The van der Waals surface area contributed by atoms with Gasteiger partial charge in [0.1, 0.15) is 12.2 Å². The summed E-state index contributed by atoms with van der Waals surface area (Å²) in [4.78, 5) is 2.52. The van der Waals surface area contributed by atoms with Gasteiger partial charge in [0.05, 0.1) is 32.0 Å². The van der Waals surface area contributed by atoms with Gasteiger partial charge in [0.25, 0.3) is 0 Å². The second-order valence-electron chi connectivity index (χ2n) is 9.41. The molecule has 0 bridgehead atoms. The lowest BCUT2D eigenvalue weighted by atomic mass is 9.92. The SMILES string of the molecule is C1=C[C@H]2[C@@H](OCc3ccccc3)[C@H](OCc3ccccc3)[C@H](OCc3ccccc3)CN2CCC1. The van der Waals surface area contributed by atoms with Crippen molar-refractivity contribution in [3.63, 3.8) is 0 Å². The van der Waals surface area contributed by atoms with Crippen molar-refractivity contribution < 1.29 is 14.2 Å². The topological polar surface area (TPSA) is 30.9 Å². The third-order valence-corrected chi connectivity index (χ3v) is 6.89. The van der Waals surface area contributed by atoms with Crippen LogP contribution < -0.4 is 0 Å². The lowest BCUT2D eigenvalue weighted by Gasteiger charge is -2.47. The molecule has 1 fully saturated rings. The molecule has 3 aromatic carbocycles. The smallest absolute Gasteiger partial charge is 0.113 e. The van der Waals surface area contributed by atoms with E-state index < -0.39 is 0 Å². The van der Waals surface area contributed by atoms with E-state index in [9.17, 15) is 0 Å². The molecule has 0 N–H and O–H groups in total. The largest absolute Gasteiger partial charge is 0.369 e. The molecule has 1 saturated heterocycles. The molecule has 4 heteroatoms. The molecule has 3 aromatic rings. The molecule has 2 heterocycles. The summed E-state index contributed by atoms with van der Waals surface area (Å²) in [5.41, 5.74) is 3.51. The zero-order valence-corrected chi connectivity index (χ0v) is 20.2. The maximum Gasteiger partial charge on any atom is 0.113 e. The second-order valence-corrected chi connectivity index (χ2v) is 9.41. The molecule has 0 amide bonds. The molecule has 35 heavy (non-hydrogen) atoms. The Morgan fingerprint density at radius 1 is 0.629 bits per heavy atom. The summed E-state index contributed by atoms with van der Waals surface area (Å²) in [6.45, 7) is 3.54. The molecular formula is C31H35NO3. The van der Waals surface area contributed by atoms with E-state index in [0.717, 1.165) is 31.5 Å². The summed E-state index contributed by atoms with van der Waals surface area (Å²) in [5, 5.41) is 0. The first-order valence-corrected chi connectivity index (χ1v) is 12.7. The average Bonchev–Trinajstić information content (AvgIpc) is 3.16. The van der Waals surface area contributed by atoms with Crippen LogP contribution in [-0.4, -0.2) is 42.3 Å². The highest BCUT2D eigenvalue weighted by molar-refractivity contribution is 5.17. The van der Waals surface area contributed by atoms with Crippen molar-refractivity contribution in [1.82, 2.24) is 4.90 Å². The monoisotopic (exact) mass is 469 g/mol. The van der Waals surface area contributed by atoms with Gasteiger partial charge in [-0.3, -0.25) is 4.90 Å². The predicted molar refractivity (Wildman–Crippen MR) is 139 cm³/mol. The number of piperidine rings is 1. The summed E-state index contributed by atoms with van der Waals surface area (Å²) >= 11 is 0. The molecule has 4 atom stereocenters. The molecule has 0 saturated carbocycles. The number of nitrogens with zero attached hydrogens (tertiary/aromatic N) is 1. The van der Waals surface area contributed by atoms with Crippen molar-refractivity contribution >= 4 is 0 Å². The van der Waals surface area contributed by atoms with Gasteiger partial charge in [0, 0.05) is 6.54 Å². The van der Waals surface area contributed by atoms with Gasteiger partial charge in [-0.05, 0) is 36.1 Å². The van der Waals surface area contributed by atoms with E-state index in [4.69, 9.17) is 14.2 Å². The Hall–Kier alpha value is -2.76. The first-order chi connectivity index (χ1) is 17.4. The molecule has 0 spiro atoms. The number of hydrogen-bond acceptors (Lipinski definition) is 4. The van der Waals surface area contributed by atoms with Crippen LogP contribution in [-0.2, 0) is 34.0 Å². The summed E-state index contributed by atoms with van der Waals surface area (Å²) in [6, 6.07) is 31.3. The molecule has 0 aliphatic carbocycles. The normalized spacial score (nSPS) is 24.6. The van der Waals surface area contributed by atoms with Crippen LogP contribution in [0.15, 0.2) is 103 Å². The Bertz CT molecular complexity index is 1040. The number of fused-ring (bicyclic) bond motifs is 1. The predicted octanol–water partition coefficient (Wildman–Crippen LogP) is 5.78. The van der Waals surface area contributed by atoms with E-state index in [1.54, 1.807) is 0 Å². The Morgan fingerprint density at radius 3 is 1.71 bits per heavy atom. The summed E-state index contributed by atoms with van der Waals surface area (Å²) in [6.07, 6.45) is 6.51. The van der Waals surface area contributed by atoms with E-state index in [1.165, 1.54) is 11.1 Å². The molecule has 182 valence electrons. The third kappa shape index (κ3) is 6.47. The fourth-order valence-corrected chi connectivity index (χ4v) is 5.04. The standard InChI is InChI=1S/C31H35NO3/c1-5-13-25(14-6-1)22-33-29-21-32-20-12-4-11-19-28(32)30(34-23-26-15-7-2-8-16-26)31(29)35-24-27-17-9-3-10-18-27/h1-3,5-11,13-19,28-31H,4,12,20-24H2/t28-,29+,30+,31+/m0/s1. The third-order valence-electron chi connectivity index (χ3n) is 6.89. The Kier molecular flexibility index (Phi) is 8.40. The second kappa shape index (κ2) is 12.3. The van der Waals surface area contributed by atoms with Gasteiger partial charge in [-0.25, -0.2) is 0 Å². The van der Waals surface area contributed by atoms with Crippen LogP contribution in [0.5, 0.6) is 0 Å². The summed E-state index contributed by atoms with van der Waals surface area (Å²) in [7, 11) is 0. The van der Waals surface area contributed by atoms with Crippen LogP contribution in [0, 0.1) is 0 Å². The van der Waals surface area contributed by atoms with Crippen LogP contribution in [0.4, 0.5) is 0 Å². The zero-order chi connectivity index (χ0) is 23.7. The highest BCUT2D eigenvalue weighted by Gasteiger charge is 2.45. The molecule has 2 aliphatic heterocycles. The van der Waals surface area contributed by atoms with Gasteiger partial charge in [0.15, 0.2) is 0 Å². The molecule has 0 radical (unpaired) electrons. The van der Waals surface area contributed by atoms with Crippen molar-refractivity contribution in [3.8, 4) is 0 Å². The van der Waals surface area contributed by atoms with Crippen molar-refractivity contribution in [3.05, 3.63) is 120 Å².